The number of anilines is 1. The monoisotopic (exact) mass is 265 g/mol. The van der Waals surface area contributed by atoms with Gasteiger partial charge in [0.1, 0.15) is 0 Å². The van der Waals surface area contributed by atoms with Gasteiger partial charge in [0, 0.05) is 17.2 Å². The molecule has 0 fully saturated rings. The van der Waals surface area contributed by atoms with E-state index < -0.39 is 0 Å². The highest BCUT2D eigenvalue weighted by atomic mass is 79.9. The molecule has 1 aliphatic rings. The van der Waals surface area contributed by atoms with Crippen LogP contribution < -0.4 is 4.90 Å². The minimum Gasteiger partial charge on any atom is -0.367 e. The maximum absolute atomic E-state index is 3.67. The first-order valence-corrected chi connectivity index (χ1v) is 6.22. The summed E-state index contributed by atoms with van der Waals surface area (Å²) in [7, 11) is 2.17. The van der Waals surface area contributed by atoms with Gasteiger partial charge in [-0.05, 0) is 31.4 Å². The van der Waals surface area contributed by atoms with Crippen molar-refractivity contribution in [1.29, 1.82) is 0 Å². The first-order valence-electron chi connectivity index (χ1n) is 5.42. The van der Waals surface area contributed by atoms with Gasteiger partial charge in [-0.15, -0.1) is 0 Å². The van der Waals surface area contributed by atoms with Crippen molar-refractivity contribution in [2.45, 2.75) is 25.3 Å². The third-order valence-corrected chi connectivity index (χ3v) is 3.82. The molecule has 0 heterocycles. The lowest BCUT2D eigenvalue weighted by Crippen LogP contribution is -2.33. The molecule has 1 aromatic carbocycles. The molecule has 0 saturated carbocycles. The van der Waals surface area contributed by atoms with Crippen LogP contribution in [0.4, 0.5) is 5.69 Å². The second-order valence-electron chi connectivity index (χ2n) is 3.98. The molecule has 0 radical (unpaired) electrons. The second kappa shape index (κ2) is 4.84. The quantitative estimate of drug-likeness (QED) is 0.783. The van der Waals surface area contributed by atoms with Gasteiger partial charge in [0.05, 0.1) is 6.04 Å². The fourth-order valence-electron chi connectivity index (χ4n) is 2.05. The average molecular weight is 266 g/mol. The highest BCUT2D eigenvalue weighted by molar-refractivity contribution is 9.11. The molecule has 0 bridgehead atoms. The summed E-state index contributed by atoms with van der Waals surface area (Å²) in [5.74, 6) is 0. The van der Waals surface area contributed by atoms with Crippen LogP contribution in [0.5, 0.6) is 0 Å². The van der Waals surface area contributed by atoms with Gasteiger partial charge in [-0.1, -0.05) is 40.2 Å². The number of hydrogen-bond acceptors (Lipinski definition) is 1. The molecule has 2 heteroatoms. The number of rotatable bonds is 2. The van der Waals surface area contributed by atoms with Gasteiger partial charge in [0.15, 0.2) is 0 Å². The summed E-state index contributed by atoms with van der Waals surface area (Å²) in [6, 6.07) is 11.1. The summed E-state index contributed by atoms with van der Waals surface area (Å²) in [5, 5.41) is 0. The summed E-state index contributed by atoms with van der Waals surface area (Å²) in [6.45, 7) is 0. The summed E-state index contributed by atoms with van der Waals surface area (Å²) in [5.41, 5.74) is 1.29. The Morgan fingerprint density at radius 2 is 2.00 bits per heavy atom. The van der Waals surface area contributed by atoms with Crippen LogP contribution in [0.2, 0.25) is 0 Å². The Bertz CT molecular complexity index is 345. The van der Waals surface area contributed by atoms with Crippen molar-refractivity contribution >= 4 is 21.6 Å². The van der Waals surface area contributed by atoms with Crippen molar-refractivity contribution in [1.82, 2.24) is 0 Å². The van der Waals surface area contributed by atoms with Crippen LogP contribution in [0, 0.1) is 0 Å². The Balaban J connectivity index is 2.17. The summed E-state index contributed by atoms with van der Waals surface area (Å²) < 4.78 is 1.33. The van der Waals surface area contributed by atoms with E-state index in [1.165, 1.54) is 29.4 Å². The van der Waals surface area contributed by atoms with Gasteiger partial charge >= 0.3 is 0 Å². The molecule has 0 spiro atoms. The highest BCUT2D eigenvalue weighted by Crippen LogP contribution is 2.29. The Labute approximate surface area is 99.9 Å². The van der Waals surface area contributed by atoms with Gasteiger partial charge in [0.2, 0.25) is 0 Å². The SMILES string of the molecule is CN(c1ccccc1)C1CCCC=C1Br. The van der Waals surface area contributed by atoms with Crippen LogP contribution in [0.25, 0.3) is 0 Å². The lowest BCUT2D eigenvalue weighted by Gasteiger charge is -2.32. The third kappa shape index (κ3) is 2.43. The van der Waals surface area contributed by atoms with E-state index in [1.807, 2.05) is 0 Å². The highest BCUT2D eigenvalue weighted by Gasteiger charge is 2.20. The first kappa shape index (κ1) is 10.7. The number of halogens is 1. The molecule has 1 atom stereocenters. The molecule has 0 saturated heterocycles. The van der Waals surface area contributed by atoms with Crippen LogP contribution in [0.1, 0.15) is 19.3 Å². The Kier molecular flexibility index (Phi) is 3.47. The van der Waals surface area contributed by atoms with Crippen molar-refractivity contribution in [3.8, 4) is 0 Å². The molecule has 1 aliphatic carbocycles. The van der Waals surface area contributed by atoms with E-state index in [0.29, 0.717) is 6.04 Å². The minimum atomic E-state index is 0.515. The fourth-order valence-corrected chi connectivity index (χ4v) is 2.81. The van der Waals surface area contributed by atoms with E-state index in [4.69, 9.17) is 0 Å². The molecule has 15 heavy (non-hydrogen) atoms. The van der Waals surface area contributed by atoms with Gasteiger partial charge < -0.3 is 4.90 Å². The molecule has 2 rings (SSSR count). The van der Waals surface area contributed by atoms with Crippen molar-refractivity contribution in [3.63, 3.8) is 0 Å². The number of benzene rings is 1. The van der Waals surface area contributed by atoms with Crippen molar-refractivity contribution < 1.29 is 0 Å². The molecule has 1 unspecified atom stereocenters. The fraction of sp³-hybridized carbons (Fsp3) is 0.385. The normalized spacial score (nSPS) is 20.9. The topological polar surface area (TPSA) is 3.24 Å². The number of likely N-dealkylation sites (N-methyl/N-ethyl adjacent to an activating group) is 1. The number of para-hydroxylation sites is 1. The van der Waals surface area contributed by atoms with E-state index >= 15 is 0 Å². The van der Waals surface area contributed by atoms with Crippen molar-refractivity contribution in [2.24, 2.45) is 0 Å². The molecular weight excluding hydrogens is 250 g/mol. The van der Waals surface area contributed by atoms with Gasteiger partial charge in [-0.3, -0.25) is 0 Å². The molecule has 0 amide bonds. The predicted octanol–water partition coefficient (Wildman–Crippen LogP) is 3.95. The van der Waals surface area contributed by atoms with Gasteiger partial charge in [-0.25, -0.2) is 0 Å². The first-order chi connectivity index (χ1) is 7.29. The molecule has 0 N–H and O–H groups in total. The summed E-state index contributed by atoms with van der Waals surface area (Å²) in [6.07, 6.45) is 6.03. The lowest BCUT2D eigenvalue weighted by molar-refractivity contribution is 0.611. The second-order valence-corrected chi connectivity index (χ2v) is 4.90. The molecular formula is C13H16BrN. The maximum atomic E-state index is 3.67. The van der Waals surface area contributed by atoms with E-state index in [0.717, 1.165) is 0 Å². The van der Waals surface area contributed by atoms with Gasteiger partial charge in [0.25, 0.3) is 0 Å². The van der Waals surface area contributed by atoms with Crippen LogP contribution in [0.3, 0.4) is 0 Å². The summed E-state index contributed by atoms with van der Waals surface area (Å²) >= 11 is 3.67. The smallest absolute Gasteiger partial charge is 0.0601 e. The van der Waals surface area contributed by atoms with Crippen molar-refractivity contribution in [3.05, 3.63) is 40.9 Å². The molecule has 1 nitrogen and oxygen atoms in total. The Morgan fingerprint density at radius 3 is 2.67 bits per heavy atom. The summed E-state index contributed by atoms with van der Waals surface area (Å²) in [4.78, 5) is 2.35. The number of hydrogen-bond donors (Lipinski definition) is 0. The van der Waals surface area contributed by atoms with Crippen molar-refractivity contribution in [2.75, 3.05) is 11.9 Å². The molecule has 0 aliphatic heterocycles. The molecule has 1 aromatic rings. The standard InChI is InChI=1S/C13H16BrN/c1-15(11-7-3-2-4-8-11)13-10-6-5-9-12(13)14/h2-4,7-9,13H,5-6,10H2,1H3. The number of allylic oxidation sites excluding steroid dienone is 1. The lowest BCUT2D eigenvalue weighted by atomic mass is 10.0. The maximum Gasteiger partial charge on any atom is 0.0601 e. The number of nitrogens with zero attached hydrogens (tertiary/aromatic N) is 1. The van der Waals surface area contributed by atoms with E-state index in [1.54, 1.807) is 0 Å². The van der Waals surface area contributed by atoms with Crippen LogP contribution in [-0.4, -0.2) is 13.1 Å². The minimum absolute atomic E-state index is 0.515. The van der Waals surface area contributed by atoms with E-state index in [-0.39, 0.29) is 0 Å². The van der Waals surface area contributed by atoms with Crippen LogP contribution >= 0.6 is 15.9 Å². The van der Waals surface area contributed by atoms with Crippen LogP contribution in [0.15, 0.2) is 40.9 Å². The van der Waals surface area contributed by atoms with Gasteiger partial charge in [-0.2, -0.15) is 0 Å². The zero-order valence-electron chi connectivity index (χ0n) is 8.99. The molecule has 0 aromatic heterocycles. The zero-order valence-corrected chi connectivity index (χ0v) is 10.6. The third-order valence-electron chi connectivity index (χ3n) is 2.97. The van der Waals surface area contributed by atoms with E-state index in [2.05, 4.69) is 64.3 Å². The Morgan fingerprint density at radius 1 is 1.27 bits per heavy atom. The largest absolute Gasteiger partial charge is 0.367 e. The zero-order chi connectivity index (χ0) is 10.7. The predicted molar refractivity (Wildman–Crippen MR) is 69.5 cm³/mol. The van der Waals surface area contributed by atoms with E-state index in [9.17, 15) is 0 Å². The molecule has 80 valence electrons. The Hall–Kier alpha value is -0.760. The average Bonchev–Trinajstić information content (AvgIpc) is 2.30. The van der Waals surface area contributed by atoms with Crippen LogP contribution in [-0.2, 0) is 0 Å².